The Kier molecular flexibility index (Phi) is 8.58. The van der Waals surface area contributed by atoms with Crippen molar-refractivity contribution >= 4 is 76.1 Å². The highest BCUT2D eigenvalue weighted by molar-refractivity contribution is 7.22. The van der Waals surface area contributed by atoms with Gasteiger partial charge in [0.1, 0.15) is 0 Å². The second-order valence-electron chi connectivity index (χ2n) is 18.8. The number of hydrogen-bond donors (Lipinski definition) is 0. The van der Waals surface area contributed by atoms with Crippen LogP contribution < -0.4 is 9.80 Å². The van der Waals surface area contributed by atoms with Crippen molar-refractivity contribution in [3.8, 4) is 22.3 Å². The lowest BCUT2D eigenvalue weighted by atomic mass is 9.72. The molecular formula is C56H50N4S2. The molecule has 2 aliphatic carbocycles. The van der Waals surface area contributed by atoms with Crippen molar-refractivity contribution in [1.29, 1.82) is 0 Å². The predicted octanol–water partition coefficient (Wildman–Crippen LogP) is 16.3. The van der Waals surface area contributed by atoms with Gasteiger partial charge in [0.25, 0.3) is 0 Å². The molecule has 7 aromatic carbocycles. The Bertz CT molecular complexity index is 3020. The maximum Gasteiger partial charge on any atom is 0.195 e. The lowest BCUT2D eigenvalue weighted by molar-refractivity contribution is 0.601. The van der Waals surface area contributed by atoms with E-state index in [1.807, 2.05) is 0 Å². The molecule has 306 valence electrons. The second kappa shape index (κ2) is 13.7. The zero-order chi connectivity index (χ0) is 43.0. The third-order valence-electron chi connectivity index (χ3n) is 13.4. The molecule has 9 aromatic rings. The summed E-state index contributed by atoms with van der Waals surface area (Å²) in [6.45, 7) is 23.2. The molecular weight excluding hydrogens is 793 g/mol. The van der Waals surface area contributed by atoms with Crippen molar-refractivity contribution in [2.24, 2.45) is 0 Å². The van der Waals surface area contributed by atoms with Gasteiger partial charge < -0.3 is 0 Å². The summed E-state index contributed by atoms with van der Waals surface area (Å²) in [5.74, 6) is 0. The molecule has 0 spiro atoms. The number of hydrogen-bond acceptors (Lipinski definition) is 6. The van der Waals surface area contributed by atoms with Gasteiger partial charge in [0, 0.05) is 33.6 Å². The summed E-state index contributed by atoms with van der Waals surface area (Å²) in [6, 6.07) is 45.2. The van der Waals surface area contributed by atoms with Gasteiger partial charge in [-0.15, -0.1) is 0 Å². The molecule has 0 bridgehead atoms. The molecule has 4 nitrogen and oxygen atoms in total. The highest BCUT2D eigenvalue weighted by Crippen LogP contribution is 2.61. The van der Waals surface area contributed by atoms with Crippen LogP contribution in [0.15, 0.2) is 121 Å². The fourth-order valence-corrected chi connectivity index (χ4v) is 12.9. The van der Waals surface area contributed by atoms with E-state index in [0.29, 0.717) is 0 Å². The van der Waals surface area contributed by atoms with Gasteiger partial charge in [0.15, 0.2) is 10.3 Å². The molecule has 6 heteroatoms. The maximum absolute atomic E-state index is 5.24. The van der Waals surface area contributed by atoms with Crippen LogP contribution in [0.3, 0.4) is 0 Å². The largest absolute Gasteiger partial charge is 0.286 e. The quantitative estimate of drug-likeness (QED) is 0.167. The highest BCUT2D eigenvalue weighted by atomic mass is 32.1. The van der Waals surface area contributed by atoms with E-state index in [4.69, 9.17) is 9.97 Å². The number of aromatic nitrogens is 2. The molecule has 62 heavy (non-hydrogen) atoms. The Morgan fingerprint density at radius 1 is 0.419 bits per heavy atom. The van der Waals surface area contributed by atoms with E-state index in [-0.39, 0.29) is 10.8 Å². The molecule has 0 aliphatic heterocycles. The normalized spacial score (nSPS) is 14.2. The van der Waals surface area contributed by atoms with E-state index in [1.165, 1.54) is 87.3 Å². The van der Waals surface area contributed by atoms with Crippen LogP contribution in [-0.2, 0) is 10.8 Å². The van der Waals surface area contributed by atoms with Gasteiger partial charge in [0.05, 0.1) is 20.4 Å². The molecule has 0 N–H and O–H groups in total. The second-order valence-corrected chi connectivity index (χ2v) is 20.8. The zero-order valence-corrected chi connectivity index (χ0v) is 38.8. The minimum Gasteiger partial charge on any atom is -0.286 e. The monoisotopic (exact) mass is 842 g/mol. The highest BCUT2D eigenvalue weighted by Gasteiger charge is 2.47. The number of anilines is 6. The van der Waals surface area contributed by atoms with Crippen molar-refractivity contribution in [2.45, 2.75) is 80.1 Å². The Morgan fingerprint density at radius 3 is 1.15 bits per heavy atom. The molecule has 0 saturated carbocycles. The van der Waals surface area contributed by atoms with Gasteiger partial charge in [-0.2, -0.15) is 0 Å². The van der Waals surface area contributed by atoms with Crippen molar-refractivity contribution < 1.29 is 0 Å². The van der Waals surface area contributed by atoms with Crippen LogP contribution in [0.1, 0.15) is 83.3 Å². The lowest BCUT2D eigenvalue weighted by Crippen LogP contribution is -2.24. The molecule has 0 saturated heterocycles. The molecule has 0 unspecified atom stereocenters. The zero-order valence-electron chi connectivity index (χ0n) is 37.2. The number of fused-ring (bicyclic) bond motifs is 9. The third kappa shape index (κ3) is 5.83. The SMILES string of the molecule is Cc1cc(C)cc(N(c2cc(C)c3c(c2)C(C)(C)c2c-3ccc3c2C(C)(C)c2cc(N(c4cc(C)cc(C)c4)c4nc5ccccc5s4)cc(C)c2-3)c2nc3ccccc3s2)c1. The summed E-state index contributed by atoms with van der Waals surface area (Å²) in [7, 11) is 0. The van der Waals surface area contributed by atoms with Gasteiger partial charge in [-0.05, 0) is 192 Å². The minimum absolute atomic E-state index is 0.263. The molecule has 11 rings (SSSR count). The van der Waals surface area contributed by atoms with Crippen LogP contribution >= 0.6 is 22.7 Å². The molecule has 2 heterocycles. The number of rotatable bonds is 6. The fourth-order valence-electron chi connectivity index (χ4n) is 10.9. The minimum atomic E-state index is -0.263. The van der Waals surface area contributed by atoms with E-state index in [1.54, 1.807) is 22.7 Å². The lowest BCUT2D eigenvalue weighted by Gasteiger charge is -2.32. The number of aryl methyl sites for hydroxylation is 6. The van der Waals surface area contributed by atoms with Gasteiger partial charge in [-0.1, -0.05) is 98.9 Å². The van der Waals surface area contributed by atoms with Crippen LogP contribution in [0.25, 0.3) is 42.7 Å². The van der Waals surface area contributed by atoms with Crippen LogP contribution in [-0.4, -0.2) is 9.97 Å². The standard InChI is InChI=1S/C56H50N4S2/c1-31-21-32(2)24-37(23-31)59(53-57-45-15-11-13-17-47(45)61-53)39-27-35(5)49-41-19-20-42-50-36(6)28-40(30-44(50)56(9,10)52(42)51(41)55(7,8)43(49)29-39)60(38-25-33(3)22-34(4)26-38)54-58-46-16-12-14-18-48(46)62-54/h11-30H,1-10H3. The van der Waals surface area contributed by atoms with Crippen molar-refractivity contribution in [3.63, 3.8) is 0 Å². The summed E-state index contributed by atoms with van der Waals surface area (Å²) in [5.41, 5.74) is 24.7. The Hall–Kier alpha value is -6.08. The Morgan fingerprint density at radius 2 is 0.774 bits per heavy atom. The van der Waals surface area contributed by atoms with E-state index in [9.17, 15) is 0 Å². The molecule has 2 aliphatic rings. The molecule has 2 aromatic heterocycles. The van der Waals surface area contributed by atoms with Gasteiger partial charge >= 0.3 is 0 Å². The van der Waals surface area contributed by atoms with E-state index in [0.717, 1.165) is 44.0 Å². The number of benzene rings is 7. The number of para-hydroxylation sites is 2. The van der Waals surface area contributed by atoms with Crippen LogP contribution in [0.5, 0.6) is 0 Å². The van der Waals surface area contributed by atoms with Crippen LogP contribution in [0.2, 0.25) is 0 Å². The van der Waals surface area contributed by atoms with E-state index >= 15 is 0 Å². The van der Waals surface area contributed by atoms with Gasteiger partial charge in [0.2, 0.25) is 0 Å². The average molecular weight is 843 g/mol. The Labute approximate surface area is 373 Å². The number of thiazole rings is 2. The van der Waals surface area contributed by atoms with Gasteiger partial charge in [-0.3, -0.25) is 9.80 Å². The van der Waals surface area contributed by atoms with Crippen molar-refractivity contribution in [3.05, 3.63) is 177 Å². The summed E-state index contributed by atoms with van der Waals surface area (Å²) in [5, 5.41) is 1.96. The van der Waals surface area contributed by atoms with E-state index < -0.39 is 0 Å². The van der Waals surface area contributed by atoms with Crippen LogP contribution in [0.4, 0.5) is 33.0 Å². The van der Waals surface area contributed by atoms with E-state index in [2.05, 4.69) is 200 Å². The van der Waals surface area contributed by atoms with Crippen molar-refractivity contribution in [1.82, 2.24) is 9.97 Å². The first-order chi connectivity index (χ1) is 29.7. The first-order valence-corrected chi connectivity index (χ1v) is 23.3. The van der Waals surface area contributed by atoms with Gasteiger partial charge in [-0.25, -0.2) is 9.97 Å². The first kappa shape index (κ1) is 38.8. The first-order valence-electron chi connectivity index (χ1n) is 21.6. The average Bonchev–Trinajstić information content (AvgIpc) is 3.94. The smallest absolute Gasteiger partial charge is 0.195 e. The predicted molar refractivity (Wildman–Crippen MR) is 266 cm³/mol. The van der Waals surface area contributed by atoms with Crippen LogP contribution in [0, 0.1) is 41.5 Å². The molecule has 0 amide bonds. The maximum atomic E-state index is 5.24. The fraction of sp³-hybridized carbons (Fsp3) is 0.214. The molecule has 0 atom stereocenters. The summed E-state index contributed by atoms with van der Waals surface area (Å²) in [4.78, 5) is 15.2. The topological polar surface area (TPSA) is 32.3 Å². The Balaban J connectivity index is 1.07. The summed E-state index contributed by atoms with van der Waals surface area (Å²) >= 11 is 3.51. The number of nitrogens with zero attached hydrogens (tertiary/aromatic N) is 4. The molecule has 0 radical (unpaired) electrons. The summed E-state index contributed by atoms with van der Waals surface area (Å²) < 4.78 is 2.38. The molecule has 0 fully saturated rings. The summed E-state index contributed by atoms with van der Waals surface area (Å²) in [6.07, 6.45) is 0. The third-order valence-corrected chi connectivity index (χ3v) is 15.4. The van der Waals surface area contributed by atoms with Crippen molar-refractivity contribution in [2.75, 3.05) is 9.80 Å².